The molecule has 0 aliphatic carbocycles. The topological polar surface area (TPSA) is 12.0 Å². The van der Waals surface area contributed by atoms with Crippen LogP contribution in [0.15, 0.2) is 28.1 Å². The molecule has 108 valence electrons. The van der Waals surface area contributed by atoms with E-state index in [2.05, 4.69) is 72.5 Å². The molecule has 0 spiro atoms. The maximum absolute atomic E-state index is 3.66. The zero-order valence-electron chi connectivity index (χ0n) is 12.6. The van der Waals surface area contributed by atoms with E-state index in [1.807, 2.05) is 11.3 Å². The molecule has 0 fully saturated rings. The smallest absolute Gasteiger partial charge is 0.0676 e. The van der Waals surface area contributed by atoms with Crippen LogP contribution >= 0.6 is 27.3 Å². The van der Waals surface area contributed by atoms with Gasteiger partial charge in [-0.05, 0) is 66.6 Å². The van der Waals surface area contributed by atoms with Gasteiger partial charge in [0.15, 0.2) is 0 Å². The highest BCUT2D eigenvalue weighted by molar-refractivity contribution is 9.10. The maximum Gasteiger partial charge on any atom is 0.0676 e. The summed E-state index contributed by atoms with van der Waals surface area (Å²) in [4.78, 5) is 1.46. The third kappa shape index (κ3) is 3.16. The van der Waals surface area contributed by atoms with Gasteiger partial charge in [0.25, 0.3) is 0 Å². The zero-order valence-corrected chi connectivity index (χ0v) is 15.0. The zero-order chi connectivity index (χ0) is 14.7. The molecule has 2 aromatic rings. The number of halogens is 1. The van der Waals surface area contributed by atoms with Crippen molar-refractivity contribution in [2.75, 3.05) is 6.54 Å². The van der Waals surface area contributed by atoms with E-state index >= 15 is 0 Å². The highest BCUT2D eigenvalue weighted by Crippen LogP contribution is 2.34. The Kier molecular flexibility index (Phi) is 5.42. The number of rotatable bonds is 5. The first-order valence-electron chi connectivity index (χ1n) is 7.14. The summed E-state index contributed by atoms with van der Waals surface area (Å²) in [5, 5.41) is 5.87. The van der Waals surface area contributed by atoms with Crippen molar-refractivity contribution >= 4 is 27.3 Å². The molecule has 3 heteroatoms. The Morgan fingerprint density at radius 2 is 1.95 bits per heavy atom. The van der Waals surface area contributed by atoms with Crippen molar-refractivity contribution < 1.29 is 0 Å². The first-order chi connectivity index (χ1) is 9.58. The van der Waals surface area contributed by atoms with E-state index in [0.29, 0.717) is 6.04 Å². The van der Waals surface area contributed by atoms with Gasteiger partial charge in [-0.25, -0.2) is 0 Å². The predicted molar refractivity (Wildman–Crippen MR) is 92.8 cm³/mol. The van der Waals surface area contributed by atoms with Crippen molar-refractivity contribution in [1.82, 2.24) is 5.32 Å². The van der Waals surface area contributed by atoms with Crippen LogP contribution in [0.4, 0.5) is 0 Å². The van der Waals surface area contributed by atoms with E-state index < -0.39 is 0 Å². The third-order valence-electron chi connectivity index (χ3n) is 3.69. The highest BCUT2D eigenvalue weighted by atomic mass is 79.9. The molecule has 1 heterocycles. The molecular weight excluding hydrogens is 330 g/mol. The highest BCUT2D eigenvalue weighted by Gasteiger charge is 2.19. The monoisotopic (exact) mass is 351 g/mol. The fourth-order valence-electron chi connectivity index (χ4n) is 2.56. The normalized spacial score (nSPS) is 12.7. The number of aryl methyl sites for hydroxylation is 3. The summed E-state index contributed by atoms with van der Waals surface area (Å²) >= 11 is 5.49. The molecule has 2 rings (SSSR count). The van der Waals surface area contributed by atoms with Gasteiger partial charge in [0, 0.05) is 9.35 Å². The lowest BCUT2D eigenvalue weighted by Gasteiger charge is -2.22. The van der Waals surface area contributed by atoms with Gasteiger partial charge in [0.2, 0.25) is 0 Å². The van der Waals surface area contributed by atoms with Crippen LogP contribution in [-0.2, 0) is 6.42 Å². The summed E-state index contributed by atoms with van der Waals surface area (Å²) < 4.78 is 1.19. The van der Waals surface area contributed by atoms with Gasteiger partial charge in [0.05, 0.1) is 6.04 Å². The molecule has 0 amide bonds. The summed E-state index contributed by atoms with van der Waals surface area (Å²) in [5.74, 6) is 0. The lowest BCUT2D eigenvalue weighted by molar-refractivity contribution is 0.632. The van der Waals surface area contributed by atoms with Gasteiger partial charge in [-0.3, -0.25) is 0 Å². The Labute approximate surface area is 134 Å². The summed E-state index contributed by atoms with van der Waals surface area (Å²) in [5.41, 5.74) is 5.48. The van der Waals surface area contributed by atoms with E-state index in [4.69, 9.17) is 0 Å². The van der Waals surface area contributed by atoms with Crippen LogP contribution in [0.2, 0.25) is 0 Å². The molecule has 0 saturated heterocycles. The fraction of sp³-hybridized carbons (Fsp3) is 0.412. The second kappa shape index (κ2) is 6.88. The molecule has 0 bridgehead atoms. The first kappa shape index (κ1) is 15.7. The van der Waals surface area contributed by atoms with Crippen molar-refractivity contribution in [3.05, 3.63) is 55.2 Å². The Balaban J connectivity index is 2.51. The van der Waals surface area contributed by atoms with Crippen molar-refractivity contribution in [2.24, 2.45) is 0 Å². The average Bonchev–Trinajstić information content (AvgIpc) is 2.88. The van der Waals surface area contributed by atoms with Gasteiger partial charge in [-0.2, -0.15) is 0 Å². The largest absolute Gasteiger partial charge is 0.306 e. The third-order valence-corrected chi connectivity index (χ3v) is 5.57. The molecule has 1 nitrogen and oxygen atoms in total. The van der Waals surface area contributed by atoms with Crippen LogP contribution in [0, 0.1) is 13.8 Å². The summed E-state index contributed by atoms with van der Waals surface area (Å²) in [6.07, 6.45) is 1.09. The van der Waals surface area contributed by atoms with Crippen LogP contribution in [0.3, 0.4) is 0 Å². The SMILES string of the molecule is CCNC(c1cc(C)c(Br)cc1C)c1sccc1CC. The quantitative estimate of drug-likeness (QED) is 0.761. The molecule has 1 aromatic heterocycles. The van der Waals surface area contributed by atoms with E-state index in [0.717, 1.165) is 13.0 Å². The van der Waals surface area contributed by atoms with Crippen molar-refractivity contribution in [1.29, 1.82) is 0 Å². The standard InChI is InChI=1S/C17H22BrNS/c1-5-13-7-8-20-17(13)16(19-6-2)14-9-12(4)15(18)10-11(14)3/h7-10,16,19H,5-6H2,1-4H3. The van der Waals surface area contributed by atoms with Crippen LogP contribution < -0.4 is 5.32 Å². The Hall–Kier alpha value is -0.640. The predicted octanol–water partition coefficient (Wildman–Crippen LogP) is 5.39. The molecule has 20 heavy (non-hydrogen) atoms. The molecule has 1 aromatic carbocycles. The van der Waals surface area contributed by atoms with Gasteiger partial charge < -0.3 is 5.32 Å². The Morgan fingerprint density at radius 1 is 1.20 bits per heavy atom. The minimum atomic E-state index is 0.307. The average molecular weight is 352 g/mol. The Bertz CT molecular complexity index is 589. The minimum absolute atomic E-state index is 0.307. The van der Waals surface area contributed by atoms with Crippen molar-refractivity contribution in [3.63, 3.8) is 0 Å². The second-order valence-electron chi connectivity index (χ2n) is 5.11. The van der Waals surface area contributed by atoms with Crippen molar-refractivity contribution in [2.45, 2.75) is 40.2 Å². The second-order valence-corrected chi connectivity index (χ2v) is 6.91. The lowest BCUT2D eigenvalue weighted by Crippen LogP contribution is -2.23. The molecule has 0 aliphatic rings. The number of hydrogen-bond donors (Lipinski definition) is 1. The van der Waals surface area contributed by atoms with E-state index in [-0.39, 0.29) is 0 Å². The number of hydrogen-bond acceptors (Lipinski definition) is 2. The fourth-order valence-corrected chi connectivity index (χ4v) is 4.10. The number of nitrogens with one attached hydrogen (secondary N) is 1. The van der Waals surface area contributed by atoms with Gasteiger partial charge in [0.1, 0.15) is 0 Å². The number of thiophene rings is 1. The lowest BCUT2D eigenvalue weighted by atomic mass is 9.95. The molecule has 0 saturated carbocycles. The maximum atomic E-state index is 3.66. The molecule has 0 radical (unpaired) electrons. The molecule has 0 aliphatic heterocycles. The summed E-state index contributed by atoms with van der Waals surface area (Å²) in [7, 11) is 0. The Morgan fingerprint density at radius 3 is 2.60 bits per heavy atom. The van der Waals surface area contributed by atoms with Gasteiger partial charge >= 0.3 is 0 Å². The van der Waals surface area contributed by atoms with Gasteiger partial charge in [-0.1, -0.05) is 35.8 Å². The summed E-state index contributed by atoms with van der Waals surface area (Å²) in [6, 6.07) is 7.10. The van der Waals surface area contributed by atoms with Crippen LogP contribution in [-0.4, -0.2) is 6.54 Å². The van der Waals surface area contributed by atoms with E-state index in [9.17, 15) is 0 Å². The summed E-state index contributed by atoms with van der Waals surface area (Å²) in [6.45, 7) is 9.73. The van der Waals surface area contributed by atoms with Crippen LogP contribution in [0.1, 0.15) is 47.0 Å². The minimum Gasteiger partial charge on any atom is -0.306 e. The van der Waals surface area contributed by atoms with E-state index in [1.54, 1.807) is 0 Å². The molecule has 1 atom stereocenters. The van der Waals surface area contributed by atoms with Crippen LogP contribution in [0.5, 0.6) is 0 Å². The first-order valence-corrected chi connectivity index (χ1v) is 8.82. The molecular formula is C17H22BrNS. The van der Waals surface area contributed by atoms with Crippen molar-refractivity contribution in [3.8, 4) is 0 Å². The molecule has 1 N–H and O–H groups in total. The van der Waals surface area contributed by atoms with Crippen LogP contribution in [0.25, 0.3) is 0 Å². The van der Waals surface area contributed by atoms with Gasteiger partial charge in [-0.15, -0.1) is 11.3 Å². The van der Waals surface area contributed by atoms with E-state index in [1.165, 1.54) is 31.6 Å². The molecule has 1 unspecified atom stereocenters. The number of benzene rings is 1.